The van der Waals surface area contributed by atoms with E-state index in [1.165, 1.54) is 6.07 Å². The lowest BCUT2D eigenvalue weighted by molar-refractivity contribution is -0.144. The molecule has 0 atom stereocenters. The van der Waals surface area contributed by atoms with E-state index in [1.807, 2.05) is 12.1 Å². The van der Waals surface area contributed by atoms with Gasteiger partial charge in [0.05, 0.1) is 0 Å². The first-order valence-electron chi connectivity index (χ1n) is 6.48. The van der Waals surface area contributed by atoms with Crippen LogP contribution in [0.2, 0.25) is 0 Å². The third kappa shape index (κ3) is 4.86. The number of aryl methyl sites for hydroxylation is 1. The monoisotopic (exact) mass is 351 g/mol. The second-order valence-electron chi connectivity index (χ2n) is 4.64. The number of nitrogen functional groups attached to an aromatic ring is 1. The molecule has 0 saturated carbocycles. The Bertz CT molecular complexity index is 629. The Morgan fingerprint density at radius 1 is 1.19 bits per heavy atom. The van der Waals surface area contributed by atoms with Crippen LogP contribution in [0.25, 0.3) is 0 Å². The van der Waals surface area contributed by atoms with Crippen molar-refractivity contribution >= 4 is 27.6 Å². The summed E-state index contributed by atoms with van der Waals surface area (Å²) in [6, 6.07) is 11.9. The number of rotatable bonds is 5. The first kappa shape index (κ1) is 15.5. The molecule has 0 aliphatic carbocycles. The first-order valence-corrected chi connectivity index (χ1v) is 7.28. The summed E-state index contributed by atoms with van der Waals surface area (Å²) in [5, 5.41) is 0. The summed E-state index contributed by atoms with van der Waals surface area (Å²) in [6.07, 6.45) is 0.819. The zero-order chi connectivity index (χ0) is 15.2. The highest BCUT2D eigenvalue weighted by Gasteiger charge is 2.08. The van der Waals surface area contributed by atoms with Crippen molar-refractivity contribution in [3.8, 4) is 0 Å². The van der Waals surface area contributed by atoms with Gasteiger partial charge in [0.1, 0.15) is 12.4 Å². The summed E-state index contributed by atoms with van der Waals surface area (Å²) in [7, 11) is 0. The zero-order valence-corrected chi connectivity index (χ0v) is 12.9. The largest absolute Gasteiger partial charge is 0.461 e. The summed E-state index contributed by atoms with van der Waals surface area (Å²) in [5.74, 6) is -0.740. The first-order chi connectivity index (χ1) is 10.0. The molecule has 0 spiro atoms. The molecule has 0 aliphatic rings. The summed E-state index contributed by atoms with van der Waals surface area (Å²) < 4.78 is 19.3. The lowest BCUT2D eigenvalue weighted by Crippen LogP contribution is -2.07. The standard InChI is InChI=1S/C16H15BrFNO2/c17-13-4-7-15(18)12(9-13)10-21-16(20)8-3-11-1-5-14(19)6-2-11/h1-2,4-7,9H,3,8,10,19H2. The molecule has 0 bridgehead atoms. The van der Waals surface area contributed by atoms with Gasteiger partial charge in [-0.1, -0.05) is 28.1 Å². The number of carbonyl (C=O) groups is 1. The number of carbonyl (C=O) groups excluding carboxylic acids is 1. The SMILES string of the molecule is Nc1ccc(CCC(=O)OCc2cc(Br)ccc2F)cc1. The molecule has 2 aromatic rings. The van der Waals surface area contributed by atoms with Gasteiger partial charge in [-0.15, -0.1) is 0 Å². The number of ether oxygens (including phenoxy) is 1. The highest BCUT2D eigenvalue weighted by molar-refractivity contribution is 9.10. The smallest absolute Gasteiger partial charge is 0.306 e. The molecule has 110 valence electrons. The molecule has 3 nitrogen and oxygen atoms in total. The highest BCUT2D eigenvalue weighted by atomic mass is 79.9. The Kier molecular flexibility index (Phi) is 5.33. The van der Waals surface area contributed by atoms with E-state index in [0.717, 1.165) is 10.0 Å². The zero-order valence-electron chi connectivity index (χ0n) is 11.3. The van der Waals surface area contributed by atoms with Crippen molar-refractivity contribution < 1.29 is 13.9 Å². The molecule has 0 radical (unpaired) electrons. The van der Waals surface area contributed by atoms with Crippen molar-refractivity contribution in [1.29, 1.82) is 0 Å². The van der Waals surface area contributed by atoms with Crippen molar-refractivity contribution in [1.82, 2.24) is 0 Å². The third-order valence-electron chi connectivity index (χ3n) is 2.99. The molecular formula is C16H15BrFNO2. The number of benzene rings is 2. The minimum atomic E-state index is -0.385. The van der Waals surface area contributed by atoms with Crippen molar-refractivity contribution in [2.45, 2.75) is 19.4 Å². The normalized spacial score (nSPS) is 10.4. The van der Waals surface area contributed by atoms with Gasteiger partial charge in [0, 0.05) is 22.1 Å². The van der Waals surface area contributed by atoms with Gasteiger partial charge in [-0.2, -0.15) is 0 Å². The van der Waals surface area contributed by atoms with Crippen LogP contribution in [-0.4, -0.2) is 5.97 Å². The van der Waals surface area contributed by atoms with E-state index in [9.17, 15) is 9.18 Å². The van der Waals surface area contributed by atoms with Crippen LogP contribution in [0.1, 0.15) is 17.5 Å². The molecular weight excluding hydrogens is 337 g/mol. The van der Waals surface area contributed by atoms with E-state index in [0.29, 0.717) is 17.7 Å². The lowest BCUT2D eigenvalue weighted by Gasteiger charge is -2.07. The van der Waals surface area contributed by atoms with Crippen LogP contribution < -0.4 is 5.73 Å². The average molecular weight is 352 g/mol. The summed E-state index contributed by atoms with van der Waals surface area (Å²) in [4.78, 5) is 11.7. The van der Waals surface area contributed by atoms with Crippen molar-refractivity contribution in [2.75, 3.05) is 5.73 Å². The van der Waals surface area contributed by atoms with E-state index >= 15 is 0 Å². The quantitative estimate of drug-likeness (QED) is 0.657. The number of hydrogen-bond donors (Lipinski definition) is 1. The van der Waals surface area contributed by atoms with E-state index in [1.54, 1.807) is 24.3 Å². The fourth-order valence-corrected chi connectivity index (χ4v) is 2.22. The minimum Gasteiger partial charge on any atom is -0.461 e. The van der Waals surface area contributed by atoms with Gasteiger partial charge < -0.3 is 10.5 Å². The number of nitrogens with two attached hydrogens (primary N) is 1. The predicted molar refractivity (Wildman–Crippen MR) is 83.1 cm³/mol. The summed E-state index contributed by atoms with van der Waals surface area (Å²) in [6.45, 7) is -0.0636. The molecule has 0 amide bonds. The average Bonchev–Trinajstić information content (AvgIpc) is 2.47. The van der Waals surface area contributed by atoms with E-state index in [2.05, 4.69) is 15.9 Å². The van der Waals surface area contributed by atoms with Gasteiger partial charge in [-0.3, -0.25) is 4.79 Å². The van der Waals surface area contributed by atoms with Crippen LogP contribution in [0, 0.1) is 5.82 Å². The molecule has 5 heteroatoms. The fraction of sp³-hybridized carbons (Fsp3) is 0.188. The molecule has 0 unspecified atom stereocenters. The molecule has 0 fully saturated rings. The second kappa shape index (κ2) is 7.22. The topological polar surface area (TPSA) is 52.3 Å². The number of halogens is 2. The van der Waals surface area contributed by atoms with Crippen LogP contribution in [0.4, 0.5) is 10.1 Å². The van der Waals surface area contributed by atoms with Crippen LogP contribution in [-0.2, 0) is 22.6 Å². The molecule has 0 aliphatic heterocycles. The van der Waals surface area contributed by atoms with Gasteiger partial charge in [0.25, 0.3) is 0 Å². The minimum absolute atomic E-state index is 0.0636. The predicted octanol–water partition coefficient (Wildman–Crippen LogP) is 3.85. The molecule has 0 heterocycles. The van der Waals surface area contributed by atoms with Crippen LogP contribution in [0.5, 0.6) is 0 Å². The van der Waals surface area contributed by atoms with Gasteiger partial charge >= 0.3 is 5.97 Å². The molecule has 2 rings (SSSR count). The van der Waals surface area contributed by atoms with E-state index in [4.69, 9.17) is 10.5 Å². The van der Waals surface area contributed by atoms with Crippen molar-refractivity contribution in [2.24, 2.45) is 0 Å². The fourth-order valence-electron chi connectivity index (χ4n) is 1.82. The number of hydrogen-bond acceptors (Lipinski definition) is 3. The third-order valence-corrected chi connectivity index (χ3v) is 3.49. The van der Waals surface area contributed by atoms with Gasteiger partial charge in [-0.25, -0.2) is 4.39 Å². The maximum absolute atomic E-state index is 13.5. The van der Waals surface area contributed by atoms with Crippen LogP contribution in [0.3, 0.4) is 0 Å². The van der Waals surface area contributed by atoms with E-state index < -0.39 is 0 Å². The van der Waals surface area contributed by atoms with E-state index in [-0.39, 0.29) is 24.8 Å². The van der Waals surface area contributed by atoms with Crippen LogP contribution >= 0.6 is 15.9 Å². The van der Waals surface area contributed by atoms with Crippen LogP contribution in [0.15, 0.2) is 46.9 Å². The molecule has 0 saturated heterocycles. The van der Waals surface area contributed by atoms with Gasteiger partial charge in [0.2, 0.25) is 0 Å². The Morgan fingerprint density at radius 3 is 2.62 bits per heavy atom. The lowest BCUT2D eigenvalue weighted by atomic mass is 10.1. The second-order valence-corrected chi connectivity index (χ2v) is 5.55. The Labute approximate surface area is 131 Å². The van der Waals surface area contributed by atoms with Gasteiger partial charge in [0.15, 0.2) is 0 Å². The Morgan fingerprint density at radius 2 is 1.90 bits per heavy atom. The summed E-state index contributed by atoms with van der Waals surface area (Å²) in [5.41, 5.74) is 7.64. The van der Waals surface area contributed by atoms with Crippen molar-refractivity contribution in [3.05, 3.63) is 63.9 Å². The number of esters is 1. The molecule has 21 heavy (non-hydrogen) atoms. The number of anilines is 1. The Hall–Kier alpha value is -1.88. The summed E-state index contributed by atoms with van der Waals surface area (Å²) >= 11 is 3.25. The maximum atomic E-state index is 13.5. The van der Waals surface area contributed by atoms with Gasteiger partial charge in [-0.05, 0) is 42.3 Å². The molecule has 0 aromatic heterocycles. The molecule has 2 N–H and O–H groups in total. The maximum Gasteiger partial charge on any atom is 0.306 e. The van der Waals surface area contributed by atoms with Crippen molar-refractivity contribution in [3.63, 3.8) is 0 Å². The molecule has 2 aromatic carbocycles. The Balaban J connectivity index is 1.82. The highest BCUT2D eigenvalue weighted by Crippen LogP contribution is 2.16.